The summed E-state index contributed by atoms with van der Waals surface area (Å²) >= 11 is 0. The molecule has 1 aliphatic rings. The number of carbonyl (C=O) groups excluding carboxylic acids is 2. The molecule has 0 bridgehead atoms. The Morgan fingerprint density at radius 3 is 2.32 bits per heavy atom. The number of cyclic esters (lactones) is 1. The Hall–Kier alpha value is -2.92. The summed E-state index contributed by atoms with van der Waals surface area (Å²) < 4.78 is 17.0. The van der Waals surface area contributed by atoms with Gasteiger partial charge in [0.25, 0.3) is 0 Å². The lowest BCUT2D eigenvalue weighted by Gasteiger charge is -2.33. The molecule has 34 heavy (non-hydrogen) atoms. The molecule has 0 amide bonds. The Morgan fingerprint density at radius 1 is 0.941 bits per heavy atom. The fourth-order valence-corrected chi connectivity index (χ4v) is 4.48. The second-order valence-electron chi connectivity index (χ2n) is 8.61. The minimum absolute atomic E-state index is 0.245. The molecule has 0 unspecified atom stereocenters. The van der Waals surface area contributed by atoms with Crippen LogP contribution in [0, 0.1) is 5.92 Å². The fraction of sp³-hybridized carbons (Fsp3) is 0.448. The Balaban J connectivity index is 1.68. The van der Waals surface area contributed by atoms with Crippen LogP contribution in [0.25, 0.3) is 0 Å². The van der Waals surface area contributed by atoms with Gasteiger partial charge in [-0.3, -0.25) is 4.79 Å². The van der Waals surface area contributed by atoms with Crippen molar-refractivity contribution in [1.82, 2.24) is 0 Å². The first-order valence-corrected chi connectivity index (χ1v) is 12.4. The van der Waals surface area contributed by atoms with E-state index in [0.717, 1.165) is 36.8 Å². The molecule has 5 nitrogen and oxygen atoms in total. The minimum Gasteiger partial charge on any atom is -0.463 e. The second-order valence-corrected chi connectivity index (χ2v) is 8.61. The number of hydrogen-bond acceptors (Lipinski definition) is 5. The molecule has 0 aromatic heterocycles. The third-order valence-electron chi connectivity index (χ3n) is 6.10. The SMILES string of the molecule is CCC[C@H]1C(=O)OC(CCCCCOCc2ccccc2)=C(C(=O)OCC)[C@@H]1c1ccccc1. The van der Waals surface area contributed by atoms with Crippen LogP contribution < -0.4 is 0 Å². The van der Waals surface area contributed by atoms with Gasteiger partial charge < -0.3 is 14.2 Å². The molecule has 2 atom stereocenters. The van der Waals surface area contributed by atoms with Crippen LogP contribution in [0.4, 0.5) is 0 Å². The molecular weight excluding hydrogens is 428 g/mol. The van der Waals surface area contributed by atoms with Gasteiger partial charge in [-0.15, -0.1) is 0 Å². The zero-order valence-electron chi connectivity index (χ0n) is 20.3. The first-order valence-electron chi connectivity index (χ1n) is 12.4. The van der Waals surface area contributed by atoms with Gasteiger partial charge in [-0.2, -0.15) is 0 Å². The van der Waals surface area contributed by atoms with Gasteiger partial charge in [0.1, 0.15) is 5.76 Å². The Morgan fingerprint density at radius 2 is 1.65 bits per heavy atom. The highest BCUT2D eigenvalue weighted by Gasteiger charge is 2.42. The molecule has 1 aliphatic heterocycles. The van der Waals surface area contributed by atoms with Gasteiger partial charge in [-0.25, -0.2) is 4.79 Å². The topological polar surface area (TPSA) is 61.8 Å². The number of ether oxygens (including phenoxy) is 3. The predicted octanol–water partition coefficient (Wildman–Crippen LogP) is 6.34. The lowest BCUT2D eigenvalue weighted by atomic mass is 9.76. The van der Waals surface area contributed by atoms with Crippen LogP contribution >= 0.6 is 0 Å². The smallest absolute Gasteiger partial charge is 0.338 e. The third kappa shape index (κ3) is 7.04. The molecule has 5 heteroatoms. The summed E-state index contributed by atoms with van der Waals surface area (Å²) in [4.78, 5) is 26.1. The fourth-order valence-electron chi connectivity index (χ4n) is 4.48. The van der Waals surface area contributed by atoms with Gasteiger partial charge in [0, 0.05) is 18.9 Å². The normalized spacial score (nSPS) is 18.0. The summed E-state index contributed by atoms with van der Waals surface area (Å²) in [7, 11) is 0. The average molecular weight is 465 g/mol. The first-order chi connectivity index (χ1) is 16.7. The summed E-state index contributed by atoms with van der Waals surface area (Å²) in [5, 5.41) is 0. The van der Waals surface area contributed by atoms with Crippen molar-refractivity contribution in [3.05, 3.63) is 83.1 Å². The molecule has 2 aromatic rings. The quantitative estimate of drug-likeness (QED) is 0.256. The van der Waals surface area contributed by atoms with E-state index in [4.69, 9.17) is 14.2 Å². The van der Waals surface area contributed by atoms with E-state index in [2.05, 4.69) is 12.1 Å². The number of esters is 2. The van der Waals surface area contributed by atoms with Crippen molar-refractivity contribution in [2.75, 3.05) is 13.2 Å². The molecule has 182 valence electrons. The van der Waals surface area contributed by atoms with Crippen LogP contribution in [0.5, 0.6) is 0 Å². The van der Waals surface area contributed by atoms with E-state index >= 15 is 0 Å². The van der Waals surface area contributed by atoms with Crippen molar-refractivity contribution in [3.63, 3.8) is 0 Å². The highest BCUT2D eigenvalue weighted by molar-refractivity contribution is 5.94. The van der Waals surface area contributed by atoms with Crippen molar-refractivity contribution >= 4 is 11.9 Å². The van der Waals surface area contributed by atoms with E-state index in [1.165, 1.54) is 0 Å². The van der Waals surface area contributed by atoms with E-state index in [0.29, 0.717) is 37.4 Å². The van der Waals surface area contributed by atoms with Crippen LogP contribution in [-0.2, 0) is 30.4 Å². The highest BCUT2D eigenvalue weighted by atomic mass is 16.6. The summed E-state index contributed by atoms with van der Waals surface area (Å²) in [5.41, 5.74) is 2.62. The molecule has 0 fully saturated rings. The molecule has 0 N–H and O–H groups in total. The Kier molecular flexibility index (Phi) is 10.4. The molecular formula is C29H36O5. The number of hydrogen-bond donors (Lipinski definition) is 0. The van der Waals surface area contributed by atoms with Crippen molar-refractivity contribution in [2.24, 2.45) is 5.92 Å². The molecule has 0 saturated heterocycles. The van der Waals surface area contributed by atoms with Crippen molar-refractivity contribution in [1.29, 1.82) is 0 Å². The summed E-state index contributed by atoms with van der Waals surface area (Å²) in [6.45, 7) is 5.39. The highest BCUT2D eigenvalue weighted by Crippen LogP contribution is 2.43. The van der Waals surface area contributed by atoms with Crippen LogP contribution in [0.2, 0.25) is 0 Å². The summed E-state index contributed by atoms with van der Waals surface area (Å²) in [6, 6.07) is 19.9. The lowest BCUT2D eigenvalue weighted by Crippen LogP contribution is -2.34. The molecule has 0 saturated carbocycles. The molecule has 0 aliphatic carbocycles. The van der Waals surface area contributed by atoms with Crippen LogP contribution in [0.15, 0.2) is 72.0 Å². The maximum atomic E-state index is 13.1. The number of benzene rings is 2. The zero-order chi connectivity index (χ0) is 24.2. The zero-order valence-corrected chi connectivity index (χ0v) is 20.3. The molecule has 0 spiro atoms. The number of rotatable bonds is 13. The van der Waals surface area contributed by atoms with Crippen molar-refractivity contribution in [3.8, 4) is 0 Å². The van der Waals surface area contributed by atoms with E-state index < -0.39 is 0 Å². The number of unbranched alkanes of at least 4 members (excludes halogenated alkanes) is 2. The minimum atomic E-state index is -0.387. The second kappa shape index (κ2) is 13.7. The van der Waals surface area contributed by atoms with E-state index in [-0.39, 0.29) is 30.4 Å². The van der Waals surface area contributed by atoms with Gasteiger partial charge >= 0.3 is 11.9 Å². The Bertz CT molecular complexity index is 936. The molecule has 2 aromatic carbocycles. The number of carbonyl (C=O) groups is 2. The average Bonchev–Trinajstić information content (AvgIpc) is 2.86. The van der Waals surface area contributed by atoms with E-state index in [9.17, 15) is 9.59 Å². The van der Waals surface area contributed by atoms with Crippen LogP contribution in [-0.4, -0.2) is 25.2 Å². The van der Waals surface area contributed by atoms with Gasteiger partial charge in [0.05, 0.1) is 24.7 Å². The van der Waals surface area contributed by atoms with Gasteiger partial charge in [-0.05, 0) is 37.3 Å². The van der Waals surface area contributed by atoms with Gasteiger partial charge in [-0.1, -0.05) is 80.4 Å². The first kappa shape index (κ1) is 25.7. The summed E-state index contributed by atoms with van der Waals surface area (Å²) in [6.07, 6.45) is 4.65. The van der Waals surface area contributed by atoms with E-state index in [1.54, 1.807) is 6.92 Å². The van der Waals surface area contributed by atoms with Crippen LogP contribution in [0.3, 0.4) is 0 Å². The Labute approximate surface area is 203 Å². The predicted molar refractivity (Wildman–Crippen MR) is 132 cm³/mol. The van der Waals surface area contributed by atoms with Crippen molar-refractivity contribution in [2.45, 2.75) is 64.9 Å². The van der Waals surface area contributed by atoms with Crippen LogP contribution in [0.1, 0.15) is 69.4 Å². The van der Waals surface area contributed by atoms with Gasteiger partial charge in [0.15, 0.2) is 0 Å². The van der Waals surface area contributed by atoms with Gasteiger partial charge in [0.2, 0.25) is 0 Å². The molecule has 1 heterocycles. The molecule has 0 radical (unpaired) electrons. The molecule has 3 rings (SSSR count). The number of allylic oxidation sites excluding steroid dienone is 1. The maximum absolute atomic E-state index is 13.1. The maximum Gasteiger partial charge on any atom is 0.338 e. The van der Waals surface area contributed by atoms with Crippen molar-refractivity contribution < 1.29 is 23.8 Å². The largest absolute Gasteiger partial charge is 0.463 e. The summed E-state index contributed by atoms with van der Waals surface area (Å²) in [5.74, 6) is -0.890. The third-order valence-corrected chi connectivity index (χ3v) is 6.10. The monoisotopic (exact) mass is 464 g/mol. The standard InChI is InChI=1S/C29H36O5/c1-3-14-24-26(23-17-10-6-11-18-23)27(29(31)33-4-2)25(34-28(24)30)19-12-7-13-20-32-21-22-15-8-5-9-16-22/h5-6,8-11,15-18,24,26H,3-4,7,12-14,19-21H2,1-2H3/t24-,26-/m1/s1. The lowest BCUT2D eigenvalue weighted by molar-refractivity contribution is -0.149. The van der Waals surface area contributed by atoms with E-state index in [1.807, 2.05) is 55.5 Å².